The summed E-state index contributed by atoms with van der Waals surface area (Å²) >= 11 is 0. The summed E-state index contributed by atoms with van der Waals surface area (Å²) in [5.41, 5.74) is 0. The van der Waals surface area contributed by atoms with E-state index in [1.54, 1.807) is 6.08 Å². The molecule has 1 fully saturated rings. The molecule has 1 aliphatic rings. The van der Waals surface area contributed by atoms with E-state index in [1.165, 1.54) is 5.39 Å². The Bertz CT molecular complexity index is 705. The summed E-state index contributed by atoms with van der Waals surface area (Å²) in [5.74, 6) is 1.21. The van der Waals surface area contributed by atoms with Gasteiger partial charge in [-0.1, -0.05) is 36.4 Å². The number of carbonyl (C=O) groups is 1. The largest absolute Gasteiger partial charge is 0.492 e. The van der Waals surface area contributed by atoms with Crippen molar-refractivity contribution in [1.29, 1.82) is 0 Å². The quantitative estimate of drug-likeness (QED) is 0.655. The second kappa shape index (κ2) is 8.50. The maximum atomic E-state index is 11.8. The number of ether oxygens (including phenoxy) is 2. The van der Waals surface area contributed by atoms with Crippen LogP contribution in [0, 0.1) is 5.92 Å². The van der Waals surface area contributed by atoms with Crippen molar-refractivity contribution in [2.45, 2.75) is 12.8 Å². The lowest BCUT2D eigenvalue weighted by molar-refractivity contribution is -0.116. The van der Waals surface area contributed by atoms with Crippen molar-refractivity contribution in [2.75, 3.05) is 26.4 Å². The second-order valence-electron chi connectivity index (χ2n) is 5.96. The molecule has 1 N–H and O–H groups in total. The highest BCUT2D eigenvalue weighted by molar-refractivity contribution is 5.87. The fraction of sp³-hybridized carbons (Fsp3) is 0.350. The van der Waals surface area contributed by atoms with Crippen LogP contribution in [0.1, 0.15) is 12.8 Å². The Morgan fingerprint density at radius 3 is 2.79 bits per heavy atom. The van der Waals surface area contributed by atoms with E-state index in [0.29, 0.717) is 19.1 Å². The van der Waals surface area contributed by atoms with Crippen molar-refractivity contribution in [1.82, 2.24) is 5.32 Å². The van der Waals surface area contributed by atoms with Gasteiger partial charge in [0.1, 0.15) is 12.4 Å². The average molecular weight is 325 g/mol. The normalized spacial score (nSPS) is 15.7. The zero-order valence-corrected chi connectivity index (χ0v) is 13.7. The van der Waals surface area contributed by atoms with Crippen LogP contribution in [0.25, 0.3) is 10.8 Å². The second-order valence-corrected chi connectivity index (χ2v) is 5.96. The summed E-state index contributed by atoms with van der Waals surface area (Å²) in [6, 6.07) is 14.2. The molecule has 2 aromatic rings. The molecule has 0 aromatic heterocycles. The molecule has 1 heterocycles. The molecule has 4 heteroatoms. The average Bonchev–Trinajstić information content (AvgIpc) is 2.64. The van der Waals surface area contributed by atoms with Gasteiger partial charge in [0.15, 0.2) is 0 Å². The van der Waals surface area contributed by atoms with E-state index in [1.807, 2.05) is 36.4 Å². The summed E-state index contributed by atoms with van der Waals surface area (Å²) < 4.78 is 11.0. The fourth-order valence-electron chi connectivity index (χ4n) is 2.79. The van der Waals surface area contributed by atoms with Crippen molar-refractivity contribution < 1.29 is 14.3 Å². The summed E-state index contributed by atoms with van der Waals surface area (Å²) in [6.45, 7) is 2.52. The topological polar surface area (TPSA) is 47.6 Å². The van der Waals surface area contributed by atoms with E-state index in [9.17, 15) is 4.79 Å². The molecule has 0 bridgehead atoms. The molecule has 0 radical (unpaired) electrons. The lowest BCUT2D eigenvalue weighted by Crippen LogP contribution is -2.26. The standard InChI is InChI=1S/C20H23NO3/c22-20(8-5-16-9-12-23-13-10-16)21-11-14-24-19-7-6-17-3-1-2-4-18(17)15-19/h1-8,15-16H,9-14H2,(H,21,22). The van der Waals surface area contributed by atoms with Crippen LogP contribution >= 0.6 is 0 Å². The highest BCUT2D eigenvalue weighted by Crippen LogP contribution is 2.20. The molecule has 1 saturated heterocycles. The highest BCUT2D eigenvalue weighted by atomic mass is 16.5. The minimum Gasteiger partial charge on any atom is -0.492 e. The molecule has 126 valence electrons. The van der Waals surface area contributed by atoms with Gasteiger partial charge < -0.3 is 14.8 Å². The minimum absolute atomic E-state index is 0.0661. The maximum Gasteiger partial charge on any atom is 0.243 e. The Kier molecular flexibility index (Phi) is 5.85. The Morgan fingerprint density at radius 2 is 1.96 bits per heavy atom. The number of hydrogen-bond donors (Lipinski definition) is 1. The number of rotatable bonds is 6. The molecule has 1 aliphatic heterocycles. The summed E-state index contributed by atoms with van der Waals surface area (Å²) in [6.07, 6.45) is 5.61. The molecule has 0 spiro atoms. The third-order valence-electron chi connectivity index (χ3n) is 4.18. The zero-order valence-electron chi connectivity index (χ0n) is 13.7. The van der Waals surface area contributed by atoms with Gasteiger partial charge in [0.2, 0.25) is 5.91 Å². The van der Waals surface area contributed by atoms with Crippen LogP contribution in [0.5, 0.6) is 5.75 Å². The zero-order chi connectivity index (χ0) is 16.6. The monoisotopic (exact) mass is 325 g/mol. The predicted molar refractivity (Wildman–Crippen MR) is 95.1 cm³/mol. The first-order chi connectivity index (χ1) is 11.8. The number of nitrogens with one attached hydrogen (secondary N) is 1. The number of carbonyl (C=O) groups excluding carboxylic acids is 1. The third-order valence-corrected chi connectivity index (χ3v) is 4.18. The molecule has 2 aromatic carbocycles. The summed E-state index contributed by atoms with van der Waals surface area (Å²) in [5, 5.41) is 5.19. The van der Waals surface area contributed by atoms with Gasteiger partial charge in [0.05, 0.1) is 6.54 Å². The van der Waals surface area contributed by atoms with Crippen molar-refractivity contribution in [3.05, 3.63) is 54.6 Å². The van der Waals surface area contributed by atoms with Gasteiger partial charge in [-0.2, -0.15) is 0 Å². The van der Waals surface area contributed by atoms with Crippen LogP contribution in [0.4, 0.5) is 0 Å². The maximum absolute atomic E-state index is 11.8. The molecule has 3 rings (SSSR count). The Hall–Kier alpha value is -2.33. The van der Waals surface area contributed by atoms with Crippen molar-refractivity contribution >= 4 is 16.7 Å². The van der Waals surface area contributed by atoms with Gasteiger partial charge in [-0.3, -0.25) is 4.79 Å². The summed E-state index contributed by atoms with van der Waals surface area (Å²) in [4.78, 5) is 11.8. The fourth-order valence-corrected chi connectivity index (χ4v) is 2.79. The molecule has 0 unspecified atom stereocenters. The van der Waals surface area contributed by atoms with E-state index in [0.717, 1.165) is 37.2 Å². The van der Waals surface area contributed by atoms with E-state index in [4.69, 9.17) is 9.47 Å². The number of hydrogen-bond acceptors (Lipinski definition) is 3. The molecule has 0 atom stereocenters. The van der Waals surface area contributed by atoms with Crippen molar-refractivity contribution in [3.63, 3.8) is 0 Å². The van der Waals surface area contributed by atoms with Crippen LogP contribution in [0.15, 0.2) is 54.6 Å². The van der Waals surface area contributed by atoms with Crippen LogP contribution in [-0.2, 0) is 9.53 Å². The van der Waals surface area contributed by atoms with Gasteiger partial charge in [0.25, 0.3) is 0 Å². The van der Waals surface area contributed by atoms with Crippen molar-refractivity contribution in [2.24, 2.45) is 5.92 Å². The van der Waals surface area contributed by atoms with E-state index < -0.39 is 0 Å². The highest BCUT2D eigenvalue weighted by Gasteiger charge is 2.10. The van der Waals surface area contributed by atoms with Gasteiger partial charge in [0, 0.05) is 13.2 Å². The third kappa shape index (κ3) is 4.83. The molecular formula is C20H23NO3. The Morgan fingerprint density at radius 1 is 1.17 bits per heavy atom. The van der Waals surface area contributed by atoms with Crippen LogP contribution in [-0.4, -0.2) is 32.3 Å². The van der Waals surface area contributed by atoms with Gasteiger partial charge in [-0.05, 0) is 47.7 Å². The smallest absolute Gasteiger partial charge is 0.243 e. The SMILES string of the molecule is O=C(C=CC1CCOCC1)NCCOc1ccc2ccccc2c1. The lowest BCUT2D eigenvalue weighted by atomic mass is 10.00. The molecule has 24 heavy (non-hydrogen) atoms. The molecule has 1 amide bonds. The number of amides is 1. The molecule has 0 saturated carbocycles. The molecular weight excluding hydrogens is 302 g/mol. The Labute approximate surface area is 142 Å². The van der Waals surface area contributed by atoms with Crippen LogP contribution in [0.3, 0.4) is 0 Å². The predicted octanol–water partition coefficient (Wildman–Crippen LogP) is 3.32. The van der Waals surface area contributed by atoms with Crippen LogP contribution < -0.4 is 10.1 Å². The number of allylic oxidation sites excluding steroid dienone is 1. The van der Waals surface area contributed by atoms with Gasteiger partial charge >= 0.3 is 0 Å². The lowest BCUT2D eigenvalue weighted by Gasteiger charge is -2.18. The van der Waals surface area contributed by atoms with E-state index >= 15 is 0 Å². The van der Waals surface area contributed by atoms with E-state index in [2.05, 4.69) is 17.4 Å². The number of benzene rings is 2. The number of fused-ring (bicyclic) bond motifs is 1. The van der Waals surface area contributed by atoms with Crippen LogP contribution in [0.2, 0.25) is 0 Å². The summed E-state index contributed by atoms with van der Waals surface area (Å²) in [7, 11) is 0. The minimum atomic E-state index is -0.0661. The first-order valence-electron chi connectivity index (χ1n) is 8.47. The first kappa shape index (κ1) is 16.5. The van der Waals surface area contributed by atoms with E-state index in [-0.39, 0.29) is 5.91 Å². The first-order valence-corrected chi connectivity index (χ1v) is 8.47. The van der Waals surface area contributed by atoms with Gasteiger partial charge in [-0.15, -0.1) is 0 Å². The van der Waals surface area contributed by atoms with Crippen molar-refractivity contribution in [3.8, 4) is 5.75 Å². The molecule has 0 aliphatic carbocycles. The molecule has 4 nitrogen and oxygen atoms in total. The van der Waals surface area contributed by atoms with Gasteiger partial charge in [-0.25, -0.2) is 0 Å². The Balaban J connectivity index is 1.39.